The van der Waals surface area contributed by atoms with Gasteiger partial charge in [0.2, 0.25) is 0 Å². The van der Waals surface area contributed by atoms with Gasteiger partial charge in [-0.1, -0.05) is 0 Å². The quantitative estimate of drug-likeness (QED) is 0.498. The number of pyridine rings is 1. The predicted molar refractivity (Wildman–Crippen MR) is 113 cm³/mol. The Morgan fingerprint density at radius 1 is 1.03 bits per heavy atom. The molecule has 0 bridgehead atoms. The highest BCUT2D eigenvalue weighted by Crippen LogP contribution is 2.37. The Kier molecular flexibility index (Phi) is 5.96. The maximum atomic E-state index is 13.2. The third-order valence-electron chi connectivity index (χ3n) is 6.04. The van der Waals surface area contributed by atoms with Crippen molar-refractivity contribution < 1.29 is 26.7 Å². The Morgan fingerprint density at radius 2 is 1.79 bits per heavy atom. The third-order valence-corrected chi connectivity index (χ3v) is 6.04. The summed E-state index contributed by atoms with van der Waals surface area (Å²) in [6.07, 6.45) is -1.60. The maximum absolute atomic E-state index is 13.2. The van der Waals surface area contributed by atoms with Crippen molar-refractivity contribution in [3.05, 3.63) is 36.4 Å². The highest BCUT2D eigenvalue weighted by molar-refractivity contribution is 5.71. The maximum Gasteiger partial charge on any atom is 0.435 e. The molecule has 5 rings (SSSR count). The number of piperidine rings is 1. The minimum atomic E-state index is -4.50. The van der Waals surface area contributed by atoms with Crippen molar-refractivity contribution in [2.45, 2.75) is 44.2 Å². The van der Waals surface area contributed by atoms with Gasteiger partial charge in [0, 0.05) is 32.4 Å². The molecule has 5 heterocycles. The number of fused-ring (bicyclic) bond motifs is 1. The number of alkyl halides is 5. The van der Waals surface area contributed by atoms with Crippen LogP contribution in [0.2, 0.25) is 0 Å². The molecule has 3 aromatic heterocycles. The molecule has 0 N–H and O–H groups in total. The lowest BCUT2D eigenvalue weighted by molar-refractivity contribution is -0.140. The van der Waals surface area contributed by atoms with Crippen molar-refractivity contribution in [2.24, 2.45) is 0 Å². The summed E-state index contributed by atoms with van der Waals surface area (Å²) in [6, 6.07) is 2.92. The minimum Gasteiger partial charge on any atom is -0.371 e. The van der Waals surface area contributed by atoms with E-state index in [9.17, 15) is 22.0 Å². The SMILES string of the molecule is FC(F)Cn1ncc2ncc(N3CCC(OC4CN(c5cccnc5C(F)(F)F)C4)CC3)nc21. The van der Waals surface area contributed by atoms with Crippen molar-refractivity contribution >= 4 is 22.7 Å². The lowest BCUT2D eigenvalue weighted by atomic mass is 10.1. The topological polar surface area (TPSA) is 72.2 Å². The van der Waals surface area contributed by atoms with Gasteiger partial charge in [0.1, 0.15) is 17.9 Å². The first-order valence-corrected chi connectivity index (χ1v) is 10.9. The molecule has 2 fully saturated rings. The van der Waals surface area contributed by atoms with Gasteiger partial charge in [-0.3, -0.25) is 0 Å². The Hall–Kier alpha value is -3.09. The van der Waals surface area contributed by atoms with E-state index >= 15 is 0 Å². The molecule has 182 valence electrons. The van der Waals surface area contributed by atoms with Gasteiger partial charge in [0.15, 0.2) is 11.3 Å². The molecule has 0 aliphatic carbocycles. The molecular weight excluding hydrogens is 461 g/mol. The van der Waals surface area contributed by atoms with Crippen molar-refractivity contribution in [1.29, 1.82) is 0 Å². The van der Waals surface area contributed by atoms with Gasteiger partial charge in [-0.05, 0) is 25.0 Å². The molecular formula is C21H22F5N7O. The fourth-order valence-electron chi connectivity index (χ4n) is 4.34. The van der Waals surface area contributed by atoms with Crippen LogP contribution in [0.1, 0.15) is 18.5 Å². The second kappa shape index (κ2) is 8.93. The second-order valence-corrected chi connectivity index (χ2v) is 8.37. The van der Waals surface area contributed by atoms with E-state index in [4.69, 9.17) is 4.74 Å². The highest BCUT2D eigenvalue weighted by atomic mass is 19.4. The van der Waals surface area contributed by atoms with Gasteiger partial charge in [-0.25, -0.2) is 28.4 Å². The number of hydrogen-bond acceptors (Lipinski definition) is 7. The van der Waals surface area contributed by atoms with Gasteiger partial charge < -0.3 is 14.5 Å². The van der Waals surface area contributed by atoms with E-state index < -0.39 is 24.8 Å². The normalized spacial score (nSPS) is 18.2. The van der Waals surface area contributed by atoms with Crippen LogP contribution < -0.4 is 9.80 Å². The molecule has 3 aromatic rings. The van der Waals surface area contributed by atoms with Crippen LogP contribution in [-0.4, -0.2) is 69.5 Å². The standard InChI is InChI=1S/C21H22F5N7O/c22-17(23)12-33-20-15(8-29-33)28-9-18(30-20)31-6-3-13(4-7-31)34-14-10-32(11-14)16-2-1-5-27-19(16)21(24,25)26/h1-2,5,8-9,13-14,17H,3-4,6-7,10-12H2. The van der Waals surface area contributed by atoms with E-state index in [0.29, 0.717) is 56.0 Å². The van der Waals surface area contributed by atoms with Crippen LogP contribution in [-0.2, 0) is 17.5 Å². The van der Waals surface area contributed by atoms with Crippen molar-refractivity contribution in [3.63, 3.8) is 0 Å². The summed E-state index contributed by atoms with van der Waals surface area (Å²) in [6.45, 7) is 1.51. The second-order valence-electron chi connectivity index (χ2n) is 8.37. The van der Waals surface area contributed by atoms with Crippen molar-refractivity contribution in [3.8, 4) is 0 Å². The molecule has 0 spiro atoms. The van der Waals surface area contributed by atoms with Crippen molar-refractivity contribution in [1.82, 2.24) is 24.7 Å². The number of aromatic nitrogens is 5. The zero-order chi connectivity index (χ0) is 23.9. The largest absolute Gasteiger partial charge is 0.435 e. The van der Waals surface area contributed by atoms with Gasteiger partial charge in [0.25, 0.3) is 6.43 Å². The highest BCUT2D eigenvalue weighted by Gasteiger charge is 2.40. The Balaban J connectivity index is 1.15. The molecule has 2 aliphatic rings. The number of nitrogens with zero attached hydrogens (tertiary/aromatic N) is 7. The average molecular weight is 483 g/mol. The van der Waals surface area contributed by atoms with Crippen LogP contribution >= 0.6 is 0 Å². The lowest BCUT2D eigenvalue weighted by Crippen LogP contribution is -2.55. The molecule has 0 aromatic carbocycles. The van der Waals surface area contributed by atoms with Crippen LogP contribution in [0.15, 0.2) is 30.7 Å². The Labute approximate surface area is 191 Å². The third kappa shape index (κ3) is 4.61. The first-order valence-electron chi connectivity index (χ1n) is 10.9. The van der Waals surface area contributed by atoms with E-state index in [1.165, 1.54) is 18.3 Å². The molecule has 2 aliphatic heterocycles. The molecule has 0 atom stereocenters. The van der Waals surface area contributed by atoms with Crippen LogP contribution in [0.5, 0.6) is 0 Å². The number of anilines is 2. The van der Waals surface area contributed by atoms with Crippen LogP contribution in [0.3, 0.4) is 0 Å². The molecule has 0 saturated carbocycles. The first kappa shape index (κ1) is 22.7. The zero-order valence-electron chi connectivity index (χ0n) is 18.0. The van der Waals surface area contributed by atoms with E-state index in [1.54, 1.807) is 11.1 Å². The summed E-state index contributed by atoms with van der Waals surface area (Å²) in [5.41, 5.74) is -0.0294. The van der Waals surface area contributed by atoms with E-state index in [2.05, 4.69) is 20.1 Å². The molecule has 34 heavy (non-hydrogen) atoms. The molecule has 0 radical (unpaired) electrons. The van der Waals surface area contributed by atoms with E-state index in [-0.39, 0.29) is 17.9 Å². The number of rotatable bonds is 6. The summed E-state index contributed by atoms with van der Waals surface area (Å²) >= 11 is 0. The first-order chi connectivity index (χ1) is 16.3. The average Bonchev–Trinajstić information content (AvgIpc) is 3.17. The van der Waals surface area contributed by atoms with Crippen LogP contribution in [0.25, 0.3) is 11.2 Å². The number of hydrogen-bond donors (Lipinski definition) is 0. The summed E-state index contributed by atoms with van der Waals surface area (Å²) in [5.74, 6) is 0.591. The fourth-order valence-corrected chi connectivity index (χ4v) is 4.34. The molecule has 8 nitrogen and oxygen atoms in total. The lowest BCUT2D eigenvalue weighted by Gasteiger charge is -2.44. The number of halogens is 5. The summed E-state index contributed by atoms with van der Waals surface area (Å²) in [4.78, 5) is 15.9. The van der Waals surface area contributed by atoms with Crippen molar-refractivity contribution in [2.75, 3.05) is 36.0 Å². The number of ether oxygens (including phenoxy) is 1. The Bertz CT molecular complexity index is 1140. The van der Waals surface area contributed by atoms with Gasteiger partial charge in [0.05, 0.1) is 30.3 Å². The van der Waals surface area contributed by atoms with Crippen LogP contribution in [0, 0.1) is 0 Å². The monoisotopic (exact) mass is 483 g/mol. The van der Waals surface area contributed by atoms with E-state index in [0.717, 1.165) is 10.9 Å². The van der Waals surface area contributed by atoms with Gasteiger partial charge >= 0.3 is 6.18 Å². The van der Waals surface area contributed by atoms with Gasteiger partial charge in [-0.2, -0.15) is 18.3 Å². The smallest absolute Gasteiger partial charge is 0.371 e. The molecule has 13 heteroatoms. The van der Waals surface area contributed by atoms with E-state index in [1.807, 2.05) is 4.90 Å². The van der Waals surface area contributed by atoms with Gasteiger partial charge in [-0.15, -0.1) is 0 Å². The Morgan fingerprint density at radius 3 is 2.50 bits per heavy atom. The molecule has 2 saturated heterocycles. The summed E-state index contributed by atoms with van der Waals surface area (Å²) < 4.78 is 72.4. The predicted octanol–water partition coefficient (Wildman–Crippen LogP) is 3.38. The summed E-state index contributed by atoms with van der Waals surface area (Å²) in [7, 11) is 0. The molecule has 0 unspecified atom stereocenters. The minimum absolute atomic E-state index is 0.0135. The van der Waals surface area contributed by atoms with Crippen LogP contribution in [0.4, 0.5) is 33.5 Å². The summed E-state index contributed by atoms with van der Waals surface area (Å²) in [5, 5.41) is 3.93. The molecule has 0 amide bonds. The zero-order valence-corrected chi connectivity index (χ0v) is 18.0. The fraction of sp³-hybridized carbons (Fsp3) is 0.524.